The largest absolute Gasteiger partial charge is 0.489 e. The predicted octanol–water partition coefficient (Wildman–Crippen LogP) is 6.76. The molecule has 34 heavy (non-hydrogen) atoms. The summed E-state index contributed by atoms with van der Waals surface area (Å²) >= 11 is 0. The molecule has 0 heterocycles. The first-order valence-corrected chi connectivity index (χ1v) is 10.8. The average Bonchev–Trinajstić information content (AvgIpc) is 3.28. The van der Waals surface area contributed by atoms with Gasteiger partial charge in [-0.2, -0.15) is 13.2 Å². The van der Waals surface area contributed by atoms with Gasteiger partial charge in [-0.1, -0.05) is 24.6 Å². The Morgan fingerprint density at radius 1 is 1.00 bits per heavy atom. The molecule has 3 aromatic rings. The van der Waals surface area contributed by atoms with Gasteiger partial charge in [0, 0.05) is 5.69 Å². The zero-order valence-electron chi connectivity index (χ0n) is 18.1. The molecule has 1 saturated carbocycles. The third kappa shape index (κ3) is 5.00. The van der Waals surface area contributed by atoms with Crippen molar-refractivity contribution in [3.8, 4) is 5.75 Å². The molecule has 0 amide bonds. The van der Waals surface area contributed by atoms with Gasteiger partial charge in [0.2, 0.25) is 0 Å². The number of ether oxygens (including phenoxy) is 1. The minimum Gasteiger partial charge on any atom is -0.489 e. The van der Waals surface area contributed by atoms with E-state index in [1.807, 2.05) is 0 Å². The second kappa shape index (κ2) is 9.37. The summed E-state index contributed by atoms with van der Waals surface area (Å²) in [6.07, 6.45) is -2.42. The number of benzene rings is 3. The van der Waals surface area contributed by atoms with Crippen molar-refractivity contribution in [1.29, 1.82) is 0 Å². The van der Waals surface area contributed by atoms with Crippen LogP contribution in [0.4, 0.5) is 23.2 Å². The fourth-order valence-corrected chi connectivity index (χ4v) is 4.61. The number of hydrogen-bond donors (Lipinski definition) is 2. The Balaban J connectivity index is 1.70. The van der Waals surface area contributed by atoms with E-state index in [0.717, 1.165) is 24.1 Å². The highest BCUT2D eigenvalue weighted by Gasteiger charge is 2.36. The summed E-state index contributed by atoms with van der Waals surface area (Å²) in [7, 11) is 0. The van der Waals surface area contributed by atoms with E-state index in [1.165, 1.54) is 30.3 Å². The maximum absolute atomic E-state index is 13.5. The molecule has 1 aliphatic rings. The van der Waals surface area contributed by atoms with Crippen LogP contribution in [0.25, 0.3) is 0 Å². The molecule has 178 valence electrons. The number of nitrogens with two attached hydrogens (primary N) is 1. The Bertz CT molecular complexity index is 1190. The highest BCUT2D eigenvalue weighted by molar-refractivity contribution is 5.93. The smallest absolute Gasteiger partial charge is 0.416 e. The molecule has 0 bridgehead atoms. The van der Waals surface area contributed by atoms with Gasteiger partial charge in [0.25, 0.3) is 0 Å². The van der Waals surface area contributed by atoms with Gasteiger partial charge >= 0.3 is 12.1 Å². The van der Waals surface area contributed by atoms with E-state index < -0.39 is 23.5 Å². The van der Waals surface area contributed by atoms with Crippen LogP contribution in [0.15, 0.2) is 60.7 Å². The van der Waals surface area contributed by atoms with Gasteiger partial charge in [-0.3, -0.25) is 0 Å². The molecule has 8 heteroatoms. The fraction of sp³-hybridized carbons (Fsp3) is 0.269. The van der Waals surface area contributed by atoms with Crippen LogP contribution in [0.3, 0.4) is 0 Å². The number of alkyl halides is 3. The first-order chi connectivity index (χ1) is 16.1. The van der Waals surface area contributed by atoms with Crippen LogP contribution >= 0.6 is 0 Å². The van der Waals surface area contributed by atoms with E-state index >= 15 is 0 Å². The highest BCUT2D eigenvalue weighted by Crippen LogP contribution is 2.50. The van der Waals surface area contributed by atoms with E-state index in [4.69, 9.17) is 10.5 Å². The van der Waals surface area contributed by atoms with Gasteiger partial charge in [0.05, 0.1) is 11.1 Å². The van der Waals surface area contributed by atoms with E-state index in [2.05, 4.69) is 0 Å². The second-order valence-corrected chi connectivity index (χ2v) is 8.46. The van der Waals surface area contributed by atoms with Crippen LogP contribution in [0.1, 0.15) is 63.7 Å². The van der Waals surface area contributed by atoms with Crippen LogP contribution in [0.2, 0.25) is 0 Å². The molecule has 0 aliphatic heterocycles. The monoisotopic (exact) mass is 473 g/mol. The highest BCUT2D eigenvalue weighted by atomic mass is 19.4. The molecule has 0 radical (unpaired) electrons. The molecule has 3 N–H and O–H groups in total. The molecule has 4 rings (SSSR count). The lowest BCUT2D eigenvalue weighted by molar-refractivity contribution is -0.137. The summed E-state index contributed by atoms with van der Waals surface area (Å²) in [5.41, 5.74) is 6.94. The predicted molar refractivity (Wildman–Crippen MR) is 119 cm³/mol. The standard InChI is InChI=1S/C26H23F4NO3/c27-18-8-4-15(5-9-18)14-34-24-11-7-17(26(28,29)30)13-21(24)20-3-1-2-19(20)16-6-10-23(31)22(12-16)25(32)33/h4-13,19-20H,1-3,14,31H2,(H,32,33). The number of hydrogen-bond acceptors (Lipinski definition) is 3. The Hall–Kier alpha value is -3.55. The van der Waals surface area contributed by atoms with Crippen LogP contribution in [-0.2, 0) is 12.8 Å². The molecule has 2 atom stereocenters. The number of carboxylic acids is 1. The minimum atomic E-state index is -4.52. The summed E-state index contributed by atoms with van der Waals surface area (Å²) in [5.74, 6) is -1.71. The van der Waals surface area contributed by atoms with Gasteiger partial charge in [0.1, 0.15) is 18.2 Å². The third-order valence-electron chi connectivity index (χ3n) is 6.30. The summed E-state index contributed by atoms with van der Waals surface area (Å²) in [5, 5.41) is 9.43. The Morgan fingerprint density at radius 3 is 2.38 bits per heavy atom. The van der Waals surface area contributed by atoms with E-state index in [0.29, 0.717) is 29.7 Å². The maximum Gasteiger partial charge on any atom is 0.416 e. The summed E-state index contributed by atoms with van der Waals surface area (Å²) in [6, 6.07) is 13.9. The first kappa shape index (κ1) is 23.6. The maximum atomic E-state index is 13.5. The van der Waals surface area contributed by atoms with Crippen molar-refractivity contribution in [2.45, 2.75) is 43.9 Å². The van der Waals surface area contributed by atoms with Crippen LogP contribution < -0.4 is 10.5 Å². The molecule has 2 unspecified atom stereocenters. The van der Waals surface area contributed by atoms with Crippen molar-refractivity contribution < 1.29 is 32.2 Å². The van der Waals surface area contributed by atoms with Gasteiger partial charge in [0.15, 0.2) is 0 Å². The lowest BCUT2D eigenvalue weighted by atomic mass is 9.82. The number of aromatic carboxylic acids is 1. The minimum absolute atomic E-state index is 0.0278. The zero-order valence-corrected chi connectivity index (χ0v) is 18.1. The number of nitrogen functional groups attached to an aromatic ring is 1. The molecular formula is C26H23F4NO3. The van der Waals surface area contributed by atoms with Crippen LogP contribution in [0.5, 0.6) is 5.75 Å². The normalized spacial score (nSPS) is 18.1. The van der Waals surface area contributed by atoms with Gasteiger partial charge < -0.3 is 15.6 Å². The third-order valence-corrected chi connectivity index (χ3v) is 6.30. The lowest BCUT2D eigenvalue weighted by Crippen LogP contribution is -2.12. The van der Waals surface area contributed by atoms with Crippen molar-refractivity contribution in [3.05, 3.63) is 94.3 Å². The summed E-state index contributed by atoms with van der Waals surface area (Å²) < 4.78 is 59.7. The molecule has 0 aromatic heterocycles. The number of anilines is 1. The fourth-order valence-electron chi connectivity index (χ4n) is 4.61. The van der Waals surface area contributed by atoms with Crippen molar-refractivity contribution >= 4 is 11.7 Å². The number of carbonyl (C=O) groups is 1. The van der Waals surface area contributed by atoms with Gasteiger partial charge in [-0.05, 0) is 83.8 Å². The van der Waals surface area contributed by atoms with E-state index in [9.17, 15) is 27.5 Å². The van der Waals surface area contributed by atoms with Crippen molar-refractivity contribution in [3.63, 3.8) is 0 Å². The molecule has 0 saturated heterocycles. The van der Waals surface area contributed by atoms with Crippen molar-refractivity contribution in [2.24, 2.45) is 0 Å². The summed E-state index contributed by atoms with van der Waals surface area (Å²) in [6.45, 7) is 0.0705. The van der Waals surface area contributed by atoms with Crippen molar-refractivity contribution in [1.82, 2.24) is 0 Å². The number of carboxylic acid groups (broad SMARTS) is 1. The Morgan fingerprint density at radius 2 is 1.71 bits per heavy atom. The van der Waals surface area contributed by atoms with E-state index in [1.54, 1.807) is 18.2 Å². The van der Waals surface area contributed by atoms with Crippen molar-refractivity contribution in [2.75, 3.05) is 5.73 Å². The molecule has 4 nitrogen and oxygen atoms in total. The number of rotatable bonds is 6. The SMILES string of the molecule is Nc1ccc(C2CCCC2c2cc(C(F)(F)F)ccc2OCc2ccc(F)cc2)cc1C(=O)O. The zero-order chi connectivity index (χ0) is 24.5. The van der Waals surface area contributed by atoms with Crippen LogP contribution in [0, 0.1) is 5.82 Å². The number of halogens is 4. The Labute approximate surface area is 194 Å². The van der Waals surface area contributed by atoms with E-state index in [-0.39, 0.29) is 29.7 Å². The van der Waals surface area contributed by atoms with Crippen LogP contribution in [-0.4, -0.2) is 11.1 Å². The Kier molecular flexibility index (Phi) is 6.50. The average molecular weight is 473 g/mol. The second-order valence-electron chi connectivity index (χ2n) is 8.46. The quantitative estimate of drug-likeness (QED) is 0.307. The summed E-state index contributed by atoms with van der Waals surface area (Å²) in [4.78, 5) is 11.5. The molecule has 1 aliphatic carbocycles. The van der Waals surface area contributed by atoms with Gasteiger partial charge in [-0.15, -0.1) is 0 Å². The first-order valence-electron chi connectivity index (χ1n) is 10.8. The molecular weight excluding hydrogens is 450 g/mol. The molecule has 0 spiro atoms. The topological polar surface area (TPSA) is 72.5 Å². The van der Waals surface area contributed by atoms with Gasteiger partial charge in [-0.25, -0.2) is 9.18 Å². The molecule has 1 fully saturated rings. The molecule has 3 aromatic carbocycles. The lowest BCUT2D eigenvalue weighted by Gasteiger charge is -2.25.